The summed E-state index contributed by atoms with van der Waals surface area (Å²) in [6.45, 7) is 9.25. The van der Waals surface area contributed by atoms with Gasteiger partial charge in [0.25, 0.3) is 0 Å². The first kappa shape index (κ1) is 15.0. The summed E-state index contributed by atoms with van der Waals surface area (Å²) in [5.74, 6) is 0.543. The van der Waals surface area contributed by atoms with E-state index in [1.54, 1.807) is 4.90 Å². The van der Waals surface area contributed by atoms with E-state index in [0.29, 0.717) is 5.91 Å². The Kier molecular flexibility index (Phi) is 5.60. The second-order valence-corrected chi connectivity index (χ2v) is 5.93. The lowest BCUT2D eigenvalue weighted by Gasteiger charge is -2.33. The highest BCUT2D eigenvalue weighted by atomic mass is 16.2. The molecule has 110 valence electrons. The van der Waals surface area contributed by atoms with E-state index in [0.717, 1.165) is 45.6 Å². The lowest BCUT2D eigenvalue weighted by Crippen LogP contribution is -3.13. The number of nitrogens with zero attached hydrogens (tertiary/aromatic N) is 1. The highest BCUT2D eigenvalue weighted by molar-refractivity contribution is 5.78. The van der Waals surface area contributed by atoms with E-state index in [1.165, 1.54) is 5.56 Å². The van der Waals surface area contributed by atoms with Crippen molar-refractivity contribution in [2.24, 2.45) is 5.92 Å². The quantitative estimate of drug-likeness (QED) is 0.862. The first-order chi connectivity index (χ1) is 9.70. The summed E-state index contributed by atoms with van der Waals surface area (Å²) in [4.78, 5) is 15.9. The highest BCUT2D eigenvalue weighted by Gasteiger charge is 2.26. The number of amides is 1. The summed E-state index contributed by atoms with van der Waals surface area (Å²) in [5, 5.41) is 0. The van der Waals surface area contributed by atoms with E-state index in [1.807, 2.05) is 0 Å². The molecule has 0 bridgehead atoms. The van der Waals surface area contributed by atoms with Crippen molar-refractivity contribution in [3.63, 3.8) is 0 Å². The Morgan fingerprint density at radius 1 is 1.25 bits per heavy atom. The molecule has 0 unspecified atom stereocenters. The summed E-state index contributed by atoms with van der Waals surface area (Å²) in [5.41, 5.74) is 1.39. The van der Waals surface area contributed by atoms with Gasteiger partial charge < -0.3 is 9.80 Å². The van der Waals surface area contributed by atoms with Gasteiger partial charge in [-0.1, -0.05) is 50.6 Å². The van der Waals surface area contributed by atoms with Crippen molar-refractivity contribution >= 4 is 5.91 Å². The summed E-state index contributed by atoms with van der Waals surface area (Å²) in [6, 6.07) is 10.6. The van der Waals surface area contributed by atoms with Crippen LogP contribution >= 0.6 is 0 Å². The maximum Gasteiger partial charge on any atom is 0.225 e. The van der Waals surface area contributed by atoms with Crippen molar-refractivity contribution in [1.29, 1.82) is 0 Å². The molecule has 0 radical (unpaired) electrons. The molecule has 1 aromatic carbocycles. The smallest absolute Gasteiger partial charge is 0.225 e. The molecule has 1 amide bonds. The Morgan fingerprint density at radius 2 is 1.90 bits per heavy atom. The maximum absolute atomic E-state index is 12.3. The van der Waals surface area contributed by atoms with Crippen LogP contribution in [-0.2, 0) is 11.3 Å². The summed E-state index contributed by atoms with van der Waals surface area (Å²) in [6.07, 6.45) is 2.10. The van der Waals surface area contributed by atoms with E-state index in [2.05, 4.69) is 49.1 Å². The van der Waals surface area contributed by atoms with Crippen LogP contribution in [-0.4, -0.2) is 37.0 Å². The minimum atomic E-state index is 0.190. The van der Waals surface area contributed by atoms with Gasteiger partial charge in [-0.2, -0.15) is 0 Å². The molecular weight excluding hydrogens is 248 g/mol. The number of carbonyl (C=O) groups is 1. The maximum atomic E-state index is 12.3. The van der Waals surface area contributed by atoms with Gasteiger partial charge >= 0.3 is 0 Å². The fourth-order valence-electron chi connectivity index (χ4n) is 2.97. The van der Waals surface area contributed by atoms with E-state index in [4.69, 9.17) is 0 Å². The van der Waals surface area contributed by atoms with Crippen molar-refractivity contribution in [3.05, 3.63) is 35.9 Å². The average molecular weight is 275 g/mol. The van der Waals surface area contributed by atoms with Crippen LogP contribution in [0.15, 0.2) is 30.3 Å². The monoisotopic (exact) mass is 275 g/mol. The molecule has 1 N–H and O–H groups in total. The Hall–Kier alpha value is -1.35. The molecule has 1 aliphatic heterocycles. The van der Waals surface area contributed by atoms with E-state index >= 15 is 0 Å². The summed E-state index contributed by atoms with van der Waals surface area (Å²) in [7, 11) is 0. The third kappa shape index (κ3) is 4.07. The van der Waals surface area contributed by atoms with Gasteiger partial charge in [0.2, 0.25) is 5.91 Å². The van der Waals surface area contributed by atoms with Crippen molar-refractivity contribution < 1.29 is 9.69 Å². The van der Waals surface area contributed by atoms with Crippen LogP contribution in [0.1, 0.15) is 32.3 Å². The number of rotatable bonds is 5. The van der Waals surface area contributed by atoms with Crippen molar-refractivity contribution in [2.75, 3.05) is 26.2 Å². The minimum absolute atomic E-state index is 0.190. The summed E-state index contributed by atoms with van der Waals surface area (Å²) >= 11 is 0. The molecule has 3 nitrogen and oxygen atoms in total. The number of benzene rings is 1. The molecule has 1 aromatic rings. The largest absolute Gasteiger partial charge is 0.331 e. The van der Waals surface area contributed by atoms with Gasteiger partial charge in [0, 0.05) is 11.5 Å². The zero-order valence-corrected chi connectivity index (χ0v) is 12.8. The van der Waals surface area contributed by atoms with E-state index < -0.39 is 0 Å². The molecule has 0 spiro atoms. The summed E-state index contributed by atoms with van der Waals surface area (Å²) < 4.78 is 0. The second kappa shape index (κ2) is 7.44. The van der Waals surface area contributed by atoms with Crippen molar-refractivity contribution in [1.82, 2.24) is 4.90 Å². The van der Waals surface area contributed by atoms with Crippen LogP contribution in [0.4, 0.5) is 0 Å². The Bertz CT molecular complexity index is 410. The Balaban J connectivity index is 1.79. The predicted octanol–water partition coefficient (Wildman–Crippen LogP) is 1.35. The standard InChI is InChI=1S/C17H26N2O/c1-3-7-15(2)17(20)19-12-10-18(11-13-19)14-16-8-5-4-6-9-16/h4-6,8-9,15H,3,7,10-14H2,1-2H3/p+1/t15-/m0/s1. The highest BCUT2D eigenvalue weighted by Crippen LogP contribution is 2.09. The lowest BCUT2D eigenvalue weighted by atomic mass is 10.0. The first-order valence-corrected chi connectivity index (χ1v) is 7.87. The van der Waals surface area contributed by atoms with Crippen LogP contribution < -0.4 is 4.90 Å². The normalized spacial score (nSPS) is 18.0. The van der Waals surface area contributed by atoms with Crippen LogP contribution in [0.2, 0.25) is 0 Å². The fraction of sp³-hybridized carbons (Fsp3) is 0.588. The van der Waals surface area contributed by atoms with Gasteiger partial charge in [-0.3, -0.25) is 4.79 Å². The topological polar surface area (TPSA) is 24.8 Å². The molecule has 0 aliphatic carbocycles. The lowest BCUT2D eigenvalue weighted by molar-refractivity contribution is -0.917. The molecule has 1 saturated heterocycles. The van der Waals surface area contributed by atoms with Gasteiger partial charge in [-0.25, -0.2) is 0 Å². The number of piperazine rings is 1. The van der Waals surface area contributed by atoms with Crippen LogP contribution in [0.25, 0.3) is 0 Å². The number of nitrogens with one attached hydrogen (secondary N) is 1. The molecule has 3 heteroatoms. The first-order valence-electron chi connectivity index (χ1n) is 7.87. The molecule has 1 heterocycles. The predicted molar refractivity (Wildman–Crippen MR) is 81.5 cm³/mol. The molecule has 0 aromatic heterocycles. The zero-order valence-electron chi connectivity index (χ0n) is 12.8. The Labute approximate surface area is 122 Å². The van der Waals surface area contributed by atoms with Gasteiger partial charge in [-0.15, -0.1) is 0 Å². The molecular formula is C17H27N2O+. The van der Waals surface area contributed by atoms with Gasteiger partial charge in [-0.05, 0) is 6.42 Å². The van der Waals surface area contributed by atoms with Gasteiger partial charge in [0.15, 0.2) is 0 Å². The van der Waals surface area contributed by atoms with E-state index in [9.17, 15) is 4.79 Å². The molecule has 1 fully saturated rings. The Morgan fingerprint density at radius 3 is 2.50 bits per heavy atom. The zero-order chi connectivity index (χ0) is 14.4. The fourth-order valence-corrected chi connectivity index (χ4v) is 2.97. The number of quaternary nitrogens is 1. The minimum Gasteiger partial charge on any atom is -0.331 e. The molecule has 1 aliphatic rings. The van der Waals surface area contributed by atoms with E-state index in [-0.39, 0.29) is 5.92 Å². The number of hydrogen-bond donors (Lipinski definition) is 1. The van der Waals surface area contributed by atoms with Crippen molar-refractivity contribution in [3.8, 4) is 0 Å². The van der Waals surface area contributed by atoms with Gasteiger partial charge in [0.1, 0.15) is 6.54 Å². The van der Waals surface area contributed by atoms with Crippen molar-refractivity contribution in [2.45, 2.75) is 33.2 Å². The molecule has 0 saturated carbocycles. The van der Waals surface area contributed by atoms with Crippen LogP contribution in [0, 0.1) is 5.92 Å². The molecule has 20 heavy (non-hydrogen) atoms. The number of carbonyl (C=O) groups excluding carboxylic acids is 1. The molecule has 1 atom stereocenters. The van der Waals surface area contributed by atoms with Gasteiger partial charge in [0.05, 0.1) is 26.2 Å². The molecule has 2 rings (SSSR count). The second-order valence-electron chi connectivity index (χ2n) is 5.93. The average Bonchev–Trinajstić information content (AvgIpc) is 2.48. The number of hydrogen-bond acceptors (Lipinski definition) is 1. The van der Waals surface area contributed by atoms with Crippen LogP contribution in [0.5, 0.6) is 0 Å². The van der Waals surface area contributed by atoms with Crippen LogP contribution in [0.3, 0.4) is 0 Å². The third-order valence-electron chi connectivity index (χ3n) is 4.22. The SMILES string of the molecule is CCC[C@H](C)C(=O)N1CC[NH+](Cc2ccccc2)CC1. The third-order valence-corrected chi connectivity index (χ3v) is 4.22.